The molecule has 0 saturated carbocycles. The molecule has 2 rings (SSSR count). The quantitative estimate of drug-likeness (QED) is 0.887. The van der Waals surface area contributed by atoms with Crippen molar-refractivity contribution in [2.45, 2.75) is 32.9 Å². The highest BCUT2D eigenvalue weighted by Crippen LogP contribution is 2.21. The molecule has 1 aromatic heterocycles. The zero-order chi connectivity index (χ0) is 15.4. The molecule has 0 spiro atoms. The van der Waals surface area contributed by atoms with Gasteiger partial charge >= 0.3 is 0 Å². The number of anilines is 1. The van der Waals surface area contributed by atoms with E-state index in [2.05, 4.69) is 10.4 Å². The monoisotopic (exact) mass is 286 g/mol. The van der Waals surface area contributed by atoms with Gasteiger partial charge in [0.2, 0.25) is 5.91 Å². The number of benzene rings is 1. The van der Waals surface area contributed by atoms with E-state index in [1.807, 2.05) is 57.3 Å². The van der Waals surface area contributed by atoms with Crippen molar-refractivity contribution in [2.75, 3.05) is 5.32 Å². The Labute approximate surface area is 125 Å². The van der Waals surface area contributed by atoms with Crippen molar-refractivity contribution in [3.8, 4) is 0 Å². The van der Waals surface area contributed by atoms with E-state index in [9.17, 15) is 4.79 Å². The third-order valence-corrected chi connectivity index (χ3v) is 3.53. The third kappa shape index (κ3) is 3.70. The van der Waals surface area contributed by atoms with Gasteiger partial charge in [-0.25, -0.2) is 0 Å². The van der Waals surface area contributed by atoms with Crippen LogP contribution in [0.15, 0.2) is 42.7 Å². The molecule has 1 aromatic carbocycles. The molecule has 0 aliphatic heterocycles. The van der Waals surface area contributed by atoms with Gasteiger partial charge in [-0.3, -0.25) is 9.48 Å². The summed E-state index contributed by atoms with van der Waals surface area (Å²) in [5, 5.41) is 7.07. The molecule has 0 fully saturated rings. The first-order valence-electron chi connectivity index (χ1n) is 7.14. The third-order valence-electron chi connectivity index (χ3n) is 3.53. The minimum Gasteiger partial charge on any atom is -0.323 e. The van der Waals surface area contributed by atoms with E-state index in [0.717, 1.165) is 5.56 Å². The first-order chi connectivity index (χ1) is 9.99. The lowest BCUT2D eigenvalue weighted by molar-refractivity contribution is -0.120. The molecule has 21 heavy (non-hydrogen) atoms. The number of nitrogens with zero attached hydrogens (tertiary/aromatic N) is 2. The minimum absolute atomic E-state index is 0.102. The van der Waals surface area contributed by atoms with Crippen molar-refractivity contribution in [1.82, 2.24) is 9.78 Å². The summed E-state index contributed by atoms with van der Waals surface area (Å²) in [6.45, 7) is 5.90. The predicted molar refractivity (Wildman–Crippen MR) is 83.8 cm³/mol. The molecule has 0 aliphatic carbocycles. The van der Waals surface area contributed by atoms with Gasteiger partial charge in [-0.2, -0.15) is 5.10 Å². The number of rotatable bonds is 5. The van der Waals surface area contributed by atoms with Crippen molar-refractivity contribution in [3.63, 3.8) is 0 Å². The smallest absolute Gasteiger partial charge is 0.229 e. The molecule has 0 aliphatic rings. The maximum absolute atomic E-state index is 12.3. The molecule has 0 radical (unpaired) electrons. The molecule has 1 heterocycles. The summed E-state index contributed by atoms with van der Waals surface area (Å²) in [6, 6.07) is 9.59. The lowest BCUT2D eigenvalue weighted by atomic mass is 9.95. The van der Waals surface area contributed by atoms with Crippen molar-refractivity contribution < 1.29 is 4.79 Å². The van der Waals surface area contributed by atoms with Gasteiger partial charge in [-0.1, -0.05) is 37.3 Å². The van der Waals surface area contributed by atoms with Crippen LogP contribution in [0, 0.1) is 5.92 Å². The SMILES string of the molecule is CC(C(=O)Nc1cnn(C(C)C)c1)C(N)c1ccccc1. The lowest BCUT2D eigenvalue weighted by Gasteiger charge is -2.19. The predicted octanol–water partition coefficient (Wildman–Crippen LogP) is 2.74. The number of hydrogen-bond acceptors (Lipinski definition) is 3. The van der Waals surface area contributed by atoms with Gasteiger partial charge in [0.1, 0.15) is 0 Å². The van der Waals surface area contributed by atoms with Crippen molar-refractivity contribution in [3.05, 3.63) is 48.3 Å². The molecule has 0 bridgehead atoms. The van der Waals surface area contributed by atoms with Crippen LogP contribution < -0.4 is 11.1 Å². The van der Waals surface area contributed by atoms with Gasteiger partial charge in [0.25, 0.3) is 0 Å². The van der Waals surface area contributed by atoms with E-state index in [4.69, 9.17) is 5.73 Å². The number of amides is 1. The van der Waals surface area contributed by atoms with Gasteiger partial charge in [0.15, 0.2) is 0 Å². The minimum atomic E-state index is -0.327. The van der Waals surface area contributed by atoms with Gasteiger partial charge in [0.05, 0.1) is 17.8 Å². The lowest BCUT2D eigenvalue weighted by Crippen LogP contribution is -2.30. The normalized spacial score (nSPS) is 14.0. The highest BCUT2D eigenvalue weighted by molar-refractivity contribution is 5.92. The summed E-state index contributed by atoms with van der Waals surface area (Å²) in [4.78, 5) is 12.3. The number of hydrogen-bond donors (Lipinski definition) is 2. The highest BCUT2D eigenvalue weighted by Gasteiger charge is 2.22. The maximum atomic E-state index is 12.3. The summed E-state index contributed by atoms with van der Waals surface area (Å²) in [7, 11) is 0. The van der Waals surface area contributed by atoms with Crippen LogP contribution in [0.5, 0.6) is 0 Å². The van der Waals surface area contributed by atoms with Crippen LogP contribution in [0.25, 0.3) is 0 Å². The van der Waals surface area contributed by atoms with Crippen LogP contribution in [-0.2, 0) is 4.79 Å². The fourth-order valence-corrected chi connectivity index (χ4v) is 2.07. The Morgan fingerprint density at radius 3 is 2.48 bits per heavy atom. The van der Waals surface area contributed by atoms with Crippen molar-refractivity contribution in [2.24, 2.45) is 11.7 Å². The zero-order valence-electron chi connectivity index (χ0n) is 12.7. The Morgan fingerprint density at radius 2 is 1.90 bits per heavy atom. The molecule has 3 N–H and O–H groups in total. The second-order valence-corrected chi connectivity index (χ2v) is 5.52. The summed E-state index contributed by atoms with van der Waals surface area (Å²) in [6.07, 6.45) is 3.47. The second-order valence-electron chi connectivity index (χ2n) is 5.52. The number of aromatic nitrogens is 2. The van der Waals surface area contributed by atoms with E-state index >= 15 is 0 Å². The molecule has 2 atom stereocenters. The molecule has 2 aromatic rings. The average Bonchev–Trinajstić information content (AvgIpc) is 2.95. The number of nitrogens with one attached hydrogen (secondary N) is 1. The Hall–Kier alpha value is -2.14. The molecular formula is C16H22N4O. The first-order valence-corrected chi connectivity index (χ1v) is 7.14. The fourth-order valence-electron chi connectivity index (χ4n) is 2.07. The van der Waals surface area contributed by atoms with Gasteiger partial charge < -0.3 is 11.1 Å². The zero-order valence-corrected chi connectivity index (χ0v) is 12.7. The van der Waals surface area contributed by atoms with E-state index in [-0.39, 0.29) is 23.9 Å². The topological polar surface area (TPSA) is 72.9 Å². The second kappa shape index (κ2) is 6.54. The maximum Gasteiger partial charge on any atom is 0.229 e. The molecule has 112 valence electrons. The summed E-state index contributed by atoms with van der Waals surface area (Å²) < 4.78 is 1.80. The summed E-state index contributed by atoms with van der Waals surface area (Å²) in [5.41, 5.74) is 7.82. The van der Waals surface area contributed by atoms with Gasteiger partial charge in [-0.05, 0) is 19.4 Å². The Bertz CT molecular complexity index is 591. The average molecular weight is 286 g/mol. The van der Waals surface area contributed by atoms with Crippen LogP contribution in [0.1, 0.15) is 38.4 Å². The van der Waals surface area contributed by atoms with Crippen LogP contribution in [-0.4, -0.2) is 15.7 Å². The molecule has 1 amide bonds. The van der Waals surface area contributed by atoms with E-state index < -0.39 is 0 Å². The Morgan fingerprint density at radius 1 is 1.24 bits per heavy atom. The molecule has 2 unspecified atom stereocenters. The van der Waals surface area contributed by atoms with Crippen LogP contribution in [0.2, 0.25) is 0 Å². The highest BCUT2D eigenvalue weighted by atomic mass is 16.1. The Balaban J connectivity index is 2.02. The summed E-state index contributed by atoms with van der Waals surface area (Å²) in [5.74, 6) is -0.426. The number of carbonyl (C=O) groups excluding carboxylic acids is 1. The molecule has 5 nitrogen and oxygen atoms in total. The van der Waals surface area contributed by atoms with Gasteiger partial charge in [0, 0.05) is 18.3 Å². The Kier molecular flexibility index (Phi) is 4.75. The van der Waals surface area contributed by atoms with E-state index in [0.29, 0.717) is 5.69 Å². The standard InChI is InChI=1S/C16H22N4O/c1-11(2)20-10-14(9-18-20)19-16(21)12(3)15(17)13-7-5-4-6-8-13/h4-12,15H,17H2,1-3H3,(H,19,21). The largest absolute Gasteiger partial charge is 0.323 e. The first kappa shape index (κ1) is 15.3. The van der Waals surface area contributed by atoms with Gasteiger partial charge in [-0.15, -0.1) is 0 Å². The van der Waals surface area contributed by atoms with Crippen molar-refractivity contribution in [1.29, 1.82) is 0 Å². The van der Waals surface area contributed by atoms with Crippen LogP contribution >= 0.6 is 0 Å². The molecular weight excluding hydrogens is 264 g/mol. The summed E-state index contributed by atoms with van der Waals surface area (Å²) >= 11 is 0. The number of carbonyl (C=O) groups is 1. The van der Waals surface area contributed by atoms with E-state index in [1.54, 1.807) is 10.9 Å². The fraction of sp³-hybridized carbons (Fsp3) is 0.375. The van der Waals surface area contributed by atoms with Crippen molar-refractivity contribution >= 4 is 11.6 Å². The molecule has 5 heteroatoms. The van der Waals surface area contributed by atoms with E-state index in [1.165, 1.54) is 0 Å². The van der Waals surface area contributed by atoms with Crippen LogP contribution in [0.4, 0.5) is 5.69 Å². The molecule has 0 saturated heterocycles. The number of nitrogens with two attached hydrogens (primary N) is 1. The van der Waals surface area contributed by atoms with Crippen LogP contribution in [0.3, 0.4) is 0 Å².